The first-order chi connectivity index (χ1) is 15.4. The van der Waals surface area contributed by atoms with E-state index in [4.69, 9.17) is 4.98 Å². The Morgan fingerprint density at radius 2 is 1.88 bits per heavy atom. The van der Waals surface area contributed by atoms with Crippen LogP contribution in [-0.2, 0) is 16.3 Å². The molecular formula is C24H28N4O3S. The van der Waals surface area contributed by atoms with Gasteiger partial charge in [0.05, 0.1) is 39.9 Å². The molecule has 1 aromatic carbocycles. The van der Waals surface area contributed by atoms with Crippen LogP contribution < -0.4 is 0 Å². The Kier molecular flexibility index (Phi) is 5.28. The van der Waals surface area contributed by atoms with Gasteiger partial charge in [-0.15, -0.1) is 0 Å². The van der Waals surface area contributed by atoms with Crippen molar-refractivity contribution in [2.75, 3.05) is 24.6 Å². The molecule has 0 spiro atoms. The Morgan fingerprint density at radius 3 is 2.50 bits per heavy atom. The minimum absolute atomic E-state index is 0.00280. The van der Waals surface area contributed by atoms with Crippen LogP contribution in [0.25, 0.3) is 22.3 Å². The molecule has 2 aromatic heterocycles. The molecule has 2 aliphatic heterocycles. The third kappa shape index (κ3) is 3.70. The van der Waals surface area contributed by atoms with Gasteiger partial charge in [0.1, 0.15) is 0 Å². The summed E-state index contributed by atoms with van der Waals surface area (Å²) in [5.74, 6) is 0.231. The number of amides is 1. The normalized spacial score (nSPS) is 20.3. The number of carbonyl (C=O) groups is 1. The average Bonchev–Trinajstić information content (AvgIpc) is 3.52. The molecule has 2 fully saturated rings. The molecule has 0 bridgehead atoms. The van der Waals surface area contributed by atoms with E-state index in [2.05, 4.69) is 24.2 Å². The maximum Gasteiger partial charge on any atom is 0.254 e. The zero-order valence-corrected chi connectivity index (χ0v) is 19.4. The molecule has 32 heavy (non-hydrogen) atoms. The van der Waals surface area contributed by atoms with E-state index in [0.717, 1.165) is 43.3 Å². The summed E-state index contributed by atoms with van der Waals surface area (Å²) >= 11 is 0. The molecular weight excluding hydrogens is 424 g/mol. The Bertz CT molecular complexity index is 1290. The number of aromatic nitrogens is 3. The van der Waals surface area contributed by atoms with Gasteiger partial charge in [-0.25, -0.2) is 18.1 Å². The van der Waals surface area contributed by atoms with Crippen molar-refractivity contribution in [3.63, 3.8) is 0 Å². The molecule has 0 N–H and O–H groups in total. The summed E-state index contributed by atoms with van der Waals surface area (Å²) in [6.45, 7) is 5.51. The molecule has 8 heteroatoms. The van der Waals surface area contributed by atoms with E-state index in [1.54, 1.807) is 4.68 Å². The molecule has 2 aliphatic rings. The maximum atomic E-state index is 13.5. The van der Waals surface area contributed by atoms with Gasteiger partial charge in [-0.3, -0.25) is 4.79 Å². The lowest BCUT2D eigenvalue weighted by Crippen LogP contribution is -2.28. The first-order valence-corrected chi connectivity index (χ1v) is 13.2. The molecule has 1 amide bonds. The Labute approximate surface area is 188 Å². The number of fused-ring (bicyclic) bond motifs is 1. The fourth-order valence-electron chi connectivity index (χ4n) is 4.85. The van der Waals surface area contributed by atoms with Crippen LogP contribution >= 0.6 is 0 Å². The van der Waals surface area contributed by atoms with Gasteiger partial charge >= 0.3 is 0 Å². The van der Waals surface area contributed by atoms with Crippen LogP contribution in [0, 0.1) is 6.92 Å². The van der Waals surface area contributed by atoms with Gasteiger partial charge in [-0.2, -0.15) is 5.10 Å². The van der Waals surface area contributed by atoms with Gasteiger partial charge in [-0.1, -0.05) is 31.2 Å². The molecule has 0 saturated carbocycles. The molecule has 1 atom stereocenters. The number of rotatable bonds is 4. The number of likely N-dealkylation sites (tertiary alicyclic amines) is 1. The van der Waals surface area contributed by atoms with Crippen molar-refractivity contribution in [1.29, 1.82) is 0 Å². The lowest BCUT2D eigenvalue weighted by molar-refractivity contribution is 0.0794. The highest BCUT2D eigenvalue weighted by atomic mass is 32.2. The molecule has 168 valence electrons. The molecule has 0 aliphatic carbocycles. The fraction of sp³-hybridized carbons (Fsp3) is 0.458. The smallest absolute Gasteiger partial charge is 0.254 e. The molecule has 2 saturated heterocycles. The van der Waals surface area contributed by atoms with Crippen LogP contribution in [0.5, 0.6) is 0 Å². The summed E-state index contributed by atoms with van der Waals surface area (Å²) in [6, 6.07) is 9.85. The first-order valence-electron chi connectivity index (χ1n) is 11.3. The number of aryl methyl sites for hydroxylation is 2. The molecule has 3 aromatic rings. The molecule has 1 unspecified atom stereocenters. The van der Waals surface area contributed by atoms with Gasteiger partial charge in [0.2, 0.25) is 0 Å². The zero-order chi connectivity index (χ0) is 22.5. The SMILES string of the molecule is CCc1ccc(-c2cc(C(=O)N3CCCC3)c3c(C)nn(C4CCS(=O)(=O)C4)c3n2)cc1. The first kappa shape index (κ1) is 21.1. The highest BCUT2D eigenvalue weighted by molar-refractivity contribution is 7.91. The summed E-state index contributed by atoms with van der Waals surface area (Å²) < 4.78 is 26.0. The third-order valence-corrected chi connectivity index (χ3v) is 8.42. The Hall–Kier alpha value is -2.74. The number of hydrogen-bond donors (Lipinski definition) is 0. The van der Waals surface area contributed by atoms with Crippen molar-refractivity contribution >= 4 is 26.8 Å². The van der Waals surface area contributed by atoms with Crippen molar-refractivity contribution in [3.8, 4) is 11.3 Å². The Balaban J connectivity index is 1.70. The van der Waals surface area contributed by atoms with Gasteiger partial charge in [0.15, 0.2) is 15.5 Å². The number of hydrogen-bond acceptors (Lipinski definition) is 5. The van der Waals surface area contributed by atoms with Crippen LogP contribution in [0.1, 0.15) is 53.8 Å². The largest absolute Gasteiger partial charge is 0.339 e. The lowest BCUT2D eigenvalue weighted by atomic mass is 10.0. The predicted molar refractivity (Wildman–Crippen MR) is 125 cm³/mol. The second kappa shape index (κ2) is 7.99. The van der Waals surface area contributed by atoms with Crippen molar-refractivity contribution in [1.82, 2.24) is 19.7 Å². The highest BCUT2D eigenvalue weighted by Crippen LogP contribution is 2.33. The monoisotopic (exact) mass is 452 g/mol. The van der Waals surface area contributed by atoms with E-state index in [1.807, 2.05) is 30.0 Å². The zero-order valence-electron chi connectivity index (χ0n) is 18.5. The molecule has 0 radical (unpaired) electrons. The summed E-state index contributed by atoms with van der Waals surface area (Å²) in [5, 5.41) is 5.42. The third-order valence-electron chi connectivity index (χ3n) is 6.67. The van der Waals surface area contributed by atoms with Crippen molar-refractivity contribution in [2.24, 2.45) is 0 Å². The molecule has 5 rings (SSSR count). The quantitative estimate of drug-likeness (QED) is 0.604. The van der Waals surface area contributed by atoms with E-state index >= 15 is 0 Å². The number of benzene rings is 1. The van der Waals surface area contributed by atoms with Crippen molar-refractivity contribution in [3.05, 3.63) is 47.2 Å². The lowest BCUT2D eigenvalue weighted by Gasteiger charge is -2.17. The number of pyridine rings is 1. The maximum absolute atomic E-state index is 13.5. The number of sulfone groups is 1. The summed E-state index contributed by atoms with van der Waals surface area (Å²) in [7, 11) is -3.08. The van der Waals surface area contributed by atoms with E-state index in [0.29, 0.717) is 29.0 Å². The topological polar surface area (TPSA) is 85.2 Å². The van der Waals surface area contributed by atoms with Crippen molar-refractivity contribution < 1.29 is 13.2 Å². The second-order valence-corrected chi connectivity index (χ2v) is 11.1. The van der Waals surface area contributed by atoms with Crippen LogP contribution in [0.4, 0.5) is 0 Å². The van der Waals surface area contributed by atoms with E-state index < -0.39 is 9.84 Å². The number of carbonyl (C=O) groups excluding carboxylic acids is 1. The van der Waals surface area contributed by atoms with E-state index in [9.17, 15) is 13.2 Å². The van der Waals surface area contributed by atoms with E-state index in [-0.39, 0.29) is 23.5 Å². The van der Waals surface area contributed by atoms with Crippen LogP contribution in [0.2, 0.25) is 0 Å². The second-order valence-electron chi connectivity index (χ2n) is 8.89. The summed E-state index contributed by atoms with van der Waals surface area (Å²) in [4.78, 5) is 20.3. The highest BCUT2D eigenvalue weighted by Gasteiger charge is 2.33. The minimum Gasteiger partial charge on any atom is -0.339 e. The van der Waals surface area contributed by atoms with Crippen LogP contribution in [0.15, 0.2) is 30.3 Å². The standard InChI is InChI=1S/C24H28N4O3S/c1-3-17-6-8-18(9-7-17)21-14-20(24(29)27-11-4-5-12-27)22-16(2)26-28(23(22)25-21)19-10-13-32(30,31)15-19/h6-9,14,19H,3-5,10-13,15H2,1-2H3. The number of nitrogens with zero attached hydrogens (tertiary/aromatic N) is 4. The molecule has 7 nitrogen and oxygen atoms in total. The predicted octanol–water partition coefficient (Wildman–Crippen LogP) is 3.56. The summed E-state index contributed by atoms with van der Waals surface area (Å²) in [5.41, 5.74) is 4.81. The Morgan fingerprint density at radius 1 is 1.16 bits per heavy atom. The van der Waals surface area contributed by atoms with Gasteiger partial charge < -0.3 is 4.90 Å². The molecule has 4 heterocycles. The average molecular weight is 453 g/mol. The van der Waals surface area contributed by atoms with Gasteiger partial charge in [0.25, 0.3) is 5.91 Å². The van der Waals surface area contributed by atoms with E-state index in [1.165, 1.54) is 5.56 Å². The van der Waals surface area contributed by atoms with Crippen LogP contribution in [-0.4, -0.2) is 58.6 Å². The minimum atomic E-state index is -3.08. The fourth-order valence-corrected chi connectivity index (χ4v) is 6.55. The summed E-state index contributed by atoms with van der Waals surface area (Å²) in [6.07, 6.45) is 3.51. The van der Waals surface area contributed by atoms with Gasteiger partial charge in [0, 0.05) is 18.7 Å². The van der Waals surface area contributed by atoms with Crippen LogP contribution in [0.3, 0.4) is 0 Å². The van der Waals surface area contributed by atoms with Gasteiger partial charge in [-0.05, 0) is 44.2 Å². The van der Waals surface area contributed by atoms with Crippen molar-refractivity contribution in [2.45, 2.75) is 45.6 Å².